The first kappa shape index (κ1) is 31.2. The number of carbonyl (C=O) groups is 3. The number of amides is 4. The molecule has 2 N–H and O–H groups in total. The van der Waals surface area contributed by atoms with E-state index in [2.05, 4.69) is 25.6 Å². The van der Waals surface area contributed by atoms with Gasteiger partial charge in [-0.1, -0.05) is 0 Å². The fourth-order valence-corrected chi connectivity index (χ4v) is 5.47. The van der Waals surface area contributed by atoms with Crippen LogP contribution in [0.25, 0.3) is 10.6 Å². The molecule has 1 fully saturated rings. The molecular formula is C33H27F2N7O4S. The summed E-state index contributed by atoms with van der Waals surface area (Å²) in [6.45, 7) is 3.33. The molecule has 1 saturated heterocycles. The Morgan fingerprint density at radius 3 is 2.45 bits per heavy atom. The van der Waals surface area contributed by atoms with Crippen LogP contribution in [0.15, 0.2) is 90.7 Å². The van der Waals surface area contributed by atoms with Gasteiger partial charge in [-0.15, -0.1) is 11.3 Å². The van der Waals surface area contributed by atoms with Crippen LogP contribution >= 0.6 is 11.3 Å². The van der Waals surface area contributed by atoms with Crippen LogP contribution in [0.1, 0.15) is 13.8 Å². The van der Waals surface area contributed by atoms with Crippen LogP contribution in [0.2, 0.25) is 0 Å². The molecule has 0 spiro atoms. The maximum absolute atomic E-state index is 15.2. The van der Waals surface area contributed by atoms with Crippen molar-refractivity contribution in [3.05, 3.63) is 102 Å². The SMILES string of the molecule is CC(C)N1CC(C(=O)Nc2ccc(Oc3ccnc(Nc4ccc(-c5nccs5)cn4)c3)c(F)c2)C(=O)N(c2ccc(F)cc2)C1=O. The Hall–Kier alpha value is -5.76. The van der Waals surface area contributed by atoms with Crippen molar-refractivity contribution >= 4 is 52.2 Å². The molecule has 6 rings (SSSR count). The van der Waals surface area contributed by atoms with E-state index in [1.807, 2.05) is 11.4 Å². The molecule has 0 aliphatic carbocycles. The average Bonchev–Trinajstić information content (AvgIpc) is 3.59. The van der Waals surface area contributed by atoms with Gasteiger partial charge in [0.2, 0.25) is 11.8 Å². The summed E-state index contributed by atoms with van der Waals surface area (Å²) in [6, 6.07) is 14.5. The third-order valence-corrected chi connectivity index (χ3v) is 8.04. The highest BCUT2D eigenvalue weighted by Crippen LogP contribution is 2.30. The van der Waals surface area contributed by atoms with Crippen molar-refractivity contribution in [2.24, 2.45) is 5.92 Å². The first-order valence-corrected chi connectivity index (χ1v) is 15.3. The quantitative estimate of drug-likeness (QED) is 0.165. The lowest BCUT2D eigenvalue weighted by Gasteiger charge is -2.39. The summed E-state index contributed by atoms with van der Waals surface area (Å²) in [5, 5.41) is 8.39. The molecule has 238 valence electrons. The standard InChI is InChI=1S/C33H27F2N7O4S/c1-19(2)41-18-25(32(44)42(33(41)45)23-7-4-21(34)5-8-23)30(43)39-22-6-9-27(26(35)15-22)46-24-11-12-36-29(16-24)40-28-10-3-20(17-38-28)31-37-13-14-47-31/h3-17,19,25H,18H2,1-2H3,(H,39,43)(H,36,38,40). The second-order valence-electron chi connectivity index (χ2n) is 10.7. The van der Waals surface area contributed by atoms with Gasteiger partial charge in [-0.2, -0.15) is 0 Å². The number of rotatable bonds is 9. The Morgan fingerprint density at radius 2 is 1.77 bits per heavy atom. The first-order chi connectivity index (χ1) is 22.7. The predicted octanol–water partition coefficient (Wildman–Crippen LogP) is 6.85. The molecule has 1 aliphatic rings. The van der Waals surface area contributed by atoms with Gasteiger partial charge in [0.15, 0.2) is 11.6 Å². The molecule has 1 aliphatic heterocycles. The Balaban J connectivity index is 1.12. The lowest BCUT2D eigenvalue weighted by atomic mass is 10.0. The normalized spacial score (nSPS) is 14.8. The number of pyridine rings is 2. The van der Waals surface area contributed by atoms with Crippen LogP contribution in [0.5, 0.6) is 11.5 Å². The fourth-order valence-electron chi connectivity index (χ4n) is 4.84. The minimum atomic E-state index is -1.29. The van der Waals surface area contributed by atoms with E-state index in [9.17, 15) is 18.8 Å². The minimum Gasteiger partial charge on any atom is -0.454 e. The molecule has 1 unspecified atom stereocenters. The largest absolute Gasteiger partial charge is 0.454 e. The zero-order valence-corrected chi connectivity index (χ0v) is 25.9. The molecule has 3 aromatic heterocycles. The Kier molecular flexibility index (Phi) is 8.84. The summed E-state index contributed by atoms with van der Waals surface area (Å²) in [4.78, 5) is 54.9. The van der Waals surface area contributed by atoms with Gasteiger partial charge in [0, 0.05) is 59.9 Å². The third kappa shape index (κ3) is 6.92. The summed E-state index contributed by atoms with van der Waals surface area (Å²) in [7, 11) is 0. The third-order valence-electron chi connectivity index (χ3n) is 7.22. The van der Waals surface area contributed by atoms with Gasteiger partial charge in [0.1, 0.15) is 34.1 Å². The fraction of sp³-hybridized carbons (Fsp3) is 0.152. The number of benzene rings is 2. The Labute approximate surface area is 271 Å². The molecule has 0 saturated carbocycles. The monoisotopic (exact) mass is 655 g/mol. The topological polar surface area (TPSA) is 130 Å². The van der Waals surface area contributed by atoms with E-state index in [4.69, 9.17) is 4.74 Å². The number of carbonyl (C=O) groups excluding carboxylic acids is 3. The lowest BCUT2D eigenvalue weighted by Crippen LogP contribution is -2.61. The molecule has 1 atom stereocenters. The maximum Gasteiger partial charge on any atom is 0.331 e. The number of aromatic nitrogens is 3. The number of hydrogen-bond acceptors (Lipinski definition) is 9. The molecule has 2 aromatic carbocycles. The van der Waals surface area contributed by atoms with Gasteiger partial charge in [-0.3, -0.25) is 9.59 Å². The number of thiazole rings is 1. The van der Waals surface area contributed by atoms with E-state index in [-0.39, 0.29) is 29.7 Å². The number of ether oxygens (including phenoxy) is 1. The van der Waals surface area contributed by atoms with Crippen LogP contribution in [0.4, 0.5) is 36.6 Å². The summed E-state index contributed by atoms with van der Waals surface area (Å²) in [5.41, 5.74) is 1.10. The molecule has 0 radical (unpaired) electrons. The number of anilines is 4. The second-order valence-corrected chi connectivity index (χ2v) is 11.6. The van der Waals surface area contributed by atoms with Crippen molar-refractivity contribution < 1.29 is 27.9 Å². The molecule has 47 heavy (non-hydrogen) atoms. The highest BCUT2D eigenvalue weighted by molar-refractivity contribution is 7.13. The molecule has 4 amide bonds. The molecule has 4 heterocycles. The zero-order chi connectivity index (χ0) is 33.1. The number of urea groups is 1. The van der Waals surface area contributed by atoms with Crippen molar-refractivity contribution in [2.75, 3.05) is 22.1 Å². The summed E-state index contributed by atoms with van der Waals surface area (Å²) < 4.78 is 34.4. The molecule has 0 bridgehead atoms. The number of nitrogens with zero attached hydrogens (tertiary/aromatic N) is 5. The van der Waals surface area contributed by atoms with Gasteiger partial charge in [0.25, 0.3) is 0 Å². The van der Waals surface area contributed by atoms with E-state index < -0.39 is 35.4 Å². The van der Waals surface area contributed by atoms with Crippen molar-refractivity contribution in [2.45, 2.75) is 19.9 Å². The second kappa shape index (κ2) is 13.3. The lowest BCUT2D eigenvalue weighted by molar-refractivity contribution is -0.132. The number of imide groups is 1. The van der Waals surface area contributed by atoms with Crippen LogP contribution < -0.4 is 20.3 Å². The van der Waals surface area contributed by atoms with Gasteiger partial charge >= 0.3 is 6.03 Å². The minimum absolute atomic E-state index is 0.0818. The van der Waals surface area contributed by atoms with E-state index in [1.165, 1.54) is 46.7 Å². The van der Waals surface area contributed by atoms with E-state index in [0.717, 1.165) is 33.7 Å². The summed E-state index contributed by atoms with van der Waals surface area (Å²) in [6.07, 6.45) is 4.92. The van der Waals surface area contributed by atoms with Crippen molar-refractivity contribution in [1.82, 2.24) is 19.9 Å². The molecule has 5 aromatic rings. The van der Waals surface area contributed by atoms with Gasteiger partial charge in [-0.25, -0.2) is 33.4 Å². The van der Waals surface area contributed by atoms with Crippen molar-refractivity contribution in [1.29, 1.82) is 0 Å². The highest BCUT2D eigenvalue weighted by Gasteiger charge is 2.44. The maximum atomic E-state index is 15.2. The van der Waals surface area contributed by atoms with Crippen LogP contribution in [-0.4, -0.2) is 50.3 Å². The summed E-state index contributed by atoms with van der Waals surface area (Å²) >= 11 is 1.51. The smallest absolute Gasteiger partial charge is 0.331 e. The molecule has 14 heteroatoms. The molecular weight excluding hydrogens is 628 g/mol. The van der Waals surface area contributed by atoms with Crippen LogP contribution in [-0.2, 0) is 9.59 Å². The van der Waals surface area contributed by atoms with Crippen LogP contribution in [0.3, 0.4) is 0 Å². The average molecular weight is 656 g/mol. The van der Waals surface area contributed by atoms with Gasteiger partial charge < -0.3 is 20.3 Å². The van der Waals surface area contributed by atoms with Crippen molar-refractivity contribution in [3.8, 4) is 22.1 Å². The first-order valence-electron chi connectivity index (χ1n) is 14.4. The van der Waals surface area contributed by atoms with Crippen LogP contribution in [0, 0.1) is 17.6 Å². The Morgan fingerprint density at radius 1 is 0.957 bits per heavy atom. The molecule has 11 nitrogen and oxygen atoms in total. The number of halogens is 2. The Bertz CT molecular complexity index is 1920. The van der Waals surface area contributed by atoms with Gasteiger partial charge in [0.05, 0.1) is 5.69 Å². The highest BCUT2D eigenvalue weighted by atomic mass is 32.1. The van der Waals surface area contributed by atoms with Gasteiger partial charge in [-0.05, 0) is 68.4 Å². The number of hydrogen-bond donors (Lipinski definition) is 2. The van der Waals surface area contributed by atoms with E-state index in [0.29, 0.717) is 17.4 Å². The summed E-state index contributed by atoms with van der Waals surface area (Å²) in [5.74, 6) is -2.96. The zero-order valence-electron chi connectivity index (χ0n) is 25.1. The van der Waals surface area contributed by atoms with Crippen molar-refractivity contribution in [3.63, 3.8) is 0 Å². The predicted molar refractivity (Wildman–Crippen MR) is 173 cm³/mol. The number of nitrogens with one attached hydrogen (secondary N) is 2. The van der Waals surface area contributed by atoms with E-state index >= 15 is 4.39 Å². The van der Waals surface area contributed by atoms with E-state index in [1.54, 1.807) is 44.4 Å².